The van der Waals surface area contributed by atoms with E-state index in [4.69, 9.17) is 9.47 Å². The van der Waals surface area contributed by atoms with Crippen LogP contribution in [-0.4, -0.2) is 57.3 Å². The van der Waals surface area contributed by atoms with Gasteiger partial charge in [0.25, 0.3) is 0 Å². The fourth-order valence-electron chi connectivity index (χ4n) is 1.80. The summed E-state index contributed by atoms with van der Waals surface area (Å²) in [6.07, 6.45) is 0.996. The molecule has 1 atom stereocenters. The molecule has 128 valence electrons. The van der Waals surface area contributed by atoms with Crippen molar-refractivity contribution in [2.24, 2.45) is 4.99 Å². The molecule has 0 saturated carbocycles. The minimum atomic E-state index is 0. The highest BCUT2D eigenvalue weighted by atomic mass is 127. The molecule has 1 unspecified atom stereocenters. The maximum absolute atomic E-state index is 5.29. The molecular weight excluding hydrogens is 415 g/mol. The molecule has 0 aromatic carbocycles. The second-order valence-electron chi connectivity index (χ2n) is 4.73. The number of aliphatic imine (C=N–C) groups is 1. The van der Waals surface area contributed by atoms with E-state index in [1.807, 2.05) is 14.0 Å². The maximum atomic E-state index is 5.29. The normalized spacial score (nSPS) is 12.7. The van der Waals surface area contributed by atoms with Crippen molar-refractivity contribution in [3.05, 3.63) is 16.1 Å². The van der Waals surface area contributed by atoms with Crippen LogP contribution < -0.4 is 5.32 Å². The van der Waals surface area contributed by atoms with Crippen LogP contribution in [0.4, 0.5) is 0 Å². The van der Waals surface area contributed by atoms with E-state index in [9.17, 15) is 0 Å². The van der Waals surface area contributed by atoms with Gasteiger partial charge < -0.3 is 19.7 Å². The van der Waals surface area contributed by atoms with E-state index in [-0.39, 0.29) is 30.1 Å². The van der Waals surface area contributed by atoms with Crippen LogP contribution in [0.15, 0.2) is 10.4 Å². The van der Waals surface area contributed by atoms with E-state index >= 15 is 0 Å². The number of hydrogen-bond acceptors (Lipinski definition) is 5. The lowest BCUT2D eigenvalue weighted by Crippen LogP contribution is -2.39. The lowest BCUT2D eigenvalue weighted by molar-refractivity contribution is 0.119. The third-order valence-electron chi connectivity index (χ3n) is 3.05. The van der Waals surface area contributed by atoms with Crippen molar-refractivity contribution >= 4 is 41.3 Å². The van der Waals surface area contributed by atoms with Gasteiger partial charge in [0, 0.05) is 46.8 Å². The summed E-state index contributed by atoms with van der Waals surface area (Å²) in [6, 6.07) is 0. The molecule has 8 heteroatoms. The third kappa shape index (κ3) is 7.21. The molecule has 1 aromatic heterocycles. The van der Waals surface area contributed by atoms with Gasteiger partial charge in [0.15, 0.2) is 5.96 Å². The molecule has 0 bridgehead atoms. The number of ether oxygens (including phenoxy) is 2. The number of rotatable bonds is 8. The summed E-state index contributed by atoms with van der Waals surface area (Å²) in [5.41, 5.74) is 1.03. The predicted octanol–water partition coefficient (Wildman–Crippen LogP) is 2.51. The topological polar surface area (TPSA) is 59.0 Å². The van der Waals surface area contributed by atoms with Crippen molar-refractivity contribution < 1.29 is 9.47 Å². The first kappa shape index (κ1) is 21.6. The molecular formula is C14H27IN4O2S. The van der Waals surface area contributed by atoms with Gasteiger partial charge in [-0.05, 0) is 13.3 Å². The van der Waals surface area contributed by atoms with Crippen LogP contribution in [0.3, 0.4) is 0 Å². The Hall–Kier alpha value is -0.450. The Labute approximate surface area is 154 Å². The van der Waals surface area contributed by atoms with Crippen LogP contribution in [-0.2, 0) is 16.0 Å². The molecule has 1 rings (SSSR count). The lowest BCUT2D eigenvalue weighted by atomic mass is 10.4. The summed E-state index contributed by atoms with van der Waals surface area (Å²) in [6.45, 7) is 4.31. The zero-order valence-electron chi connectivity index (χ0n) is 14.0. The first-order chi connectivity index (χ1) is 10.1. The summed E-state index contributed by atoms with van der Waals surface area (Å²) in [7, 11) is 7.20. The SMILES string of the molecule is CN=C(NCCCOC)N(C)Cc1csc(C(C)OC)n1.I. The van der Waals surface area contributed by atoms with Crippen molar-refractivity contribution in [2.45, 2.75) is 26.0 Å². The molecule has 0 saturated heterocycles. The average Bonchev–Trinajstić information content (AvgIpc) is 2.95. The van der Waals surface area contributed by atoms with Gasteiger partial charge in [0.05, 0.1) is 12.2 Å². The largest absolute Gasteiger partial charge is 0.385 e. The Morgan fingerprint density at radius 1 is 1.50 bits per heavy atom. The van der Waals surface area contributed by atoms with Gasteiger partial charge in [0.2, 0.25) is 0 Å². The van der Waals surface area contributed by atoms with E-state index in [1.54, 1.807) is 32.6 Å². The van der Waals surface area contributed by atoms with E-state index in [0.29, 0.717) is 0 Å². The van der Waals surface area contributed by atoms with Crippen LogP contribution in [0.1, 0.15) is 30.2 Å². The molecule has 1 N–H and O–H groups in total. The molecule has 0 radical (unpaired) electrons. The van der Waals surface area contributed by atoms with E-state index in [1.165, 1.54) is 0 Å². The van der Waals surface area contributed by atoms with E-state index in [2.05, 4.69) is 25.6 Å². The Kier molecular flexibility index (Phi) is 11.8. The molecule has 1 heterocycles. The highest BCUT2D eigenvalue weighted by Gasteiger charge is 2.12. The number of nitrogens with one attached hydrogen (secondary N) is 1. The highest BCUT2D eigenvalue weighted by molar-refractivity contribution is 14.0. The summed E-state index contributed by atoms with van der Waals surface area (Å²) < 4.78 is 10.3. The smallest absolute Gasteiger partial charge is 0.193 e. The average molecular weight is 442 g/mol. The fraction of sp³-hybridized carbons (Fsp3) is 0.714. The molecule has 0 fully saturated rings. The monoisotopic (exact) mass is 442 g/mol. The summed E-state index contributed by atoms with van der Waals surface area (Å²) in [4.78, 5) is 10.9. The molecule has 0 spiro atoms. The zero-order chi connectivity index (χ0) is 15.7. The van der Waals surface area contributed by atoms with Crippen LogP contribution in [0.5, 0.6) is 0 Å². The Morgan fingerprint density at radius 2 is 2.23 bits per heavy atom. The summed E-state index contributed by atoms with van der Waals surface area (Å²) in [5.74, 6) is 0.862. The molecule has 0 aliphatic heterocycles. The number of guanidine groups is 1. The number of aromatic nitrogens is 1. The van der Waals surface area contributed by atoms with Crippen molar-refractivity contribution in [3.8, 4) is 0 Å². The van der Waals surface area contributed by atoms with Crippen LogP contribution in [0, 0.1) is 0 Å². The molecule has 0 aliphatic carbocycles. The van der Waals surface area contributed by atoms with Crippen molar-refractivity contribution in [2.75, 3.05) is 41.5 Å². The minimum absolute atomic E-state index is 0. The van der Waals surface area contributed by atoms with Gasteiger partial charge >= 0.3 is 0 Å². The number of thiazole rings is 1. The number of halogens is 1. The fourth-order valence-corrected chi connectivity index (χ4v) is 2.64. The second kappa shape index (κ2) is 12.0. The standard InChI is InChI=1S/C14H26N4O2S.HI/c1-11(20-5)13-17-12(10-21-13)9-18(3)14(15-2)16-7-6-8-19-4;/h10-11H,6-9H2,1-5H3,(H,15,16);1H. The van der Waals surface area contributed by atoms with Crippen molar-refractivity contribution in [1.82, 2.24) is 15.2 Å². The van der Waals surface area contributed by atoms with Gasteiger partial charge in [-0.25, -0.2) is 4.98 Å². The Morgan fingerprint density at radius 3 is 2.82 bits per heavy atom. The second-order valence-corrected chi connectivity index (χ2v) is 5.62. The molecule has 22 heavy (non-hydrogen) atoms. The van der Waals surface area contributed by atoms with Crippen LogP contribution in [0.2, 0.25) is 0 Å². The zero-order valence-corrected chi connectivity index (χ0v) is 17.1. The van der Waals surface area contributed by atoms with Gasteiger partial charge in [-0.1, -0.05) is 0 Å². The summed E-state index contributed by atoms with van der Waals surface area (Å²) >= 11 is 1.63. The van der Waals surface area contributed by atoms with Crippen molar-refractivity contribution in [1.29, 1.82) is 0 Å². The first-order valence-corrected chi connectivity index (χ1v) is 7.88. The lowest BCUT2D eigenvalue weighted by Gasteiger charge is -2.21. The van der Waals surface area contributed by atoms with Crippen LogP contribution >= 0.6 is 35.3 Å². The van der Waals surface area contributed by atoms with Gasteiger partial charge in [-0.15, -0.1) is 35.3 Å². The van der Waals surface area contributed by atoms with Gasteiger partial charge in [-0.3, -0.25) is 4.99 Å². The van der Waals surface area contributed by atoms with Crippen LogP contribution in [0.25, 0.3) is 0 Å². The molecule has 1 aromatic rings. The third-order valence-corrected chi connectivity index (χ3v) is 4.11. The number of methoxy groups -OCH3 is 2. The number of hydrogen-bond donors (Lipinski definition) is 1. The highest BCUT2D eigenvalue weighted by Crippen LogP contribution is 2.20. The van der Waals surface area contributed by atoms with Gasteiger partial charge in [0.1, 0.15) is 11.1 Å². The van der Waals surface area contributed by atoms with Crippen molar-refractivity contribution in [3.63, 3.8) is 0 Å². The van der Waals surface area contributed by atoms with Gasteiger partial charge in [-0.2, -0.15) is 0 Å². The maximum Gasteiger partial charge on any atom is 0.193 e. The quantitative estimate of drug-likeness (QED) is 0.290. The minimum Gasteiger partial charge on any atom is -0.385 e. The Balaban J connectivity index is 0.00000441. The summed E-state index contributed by atoms with van der Waals surface area (Å²) in [5, 5.41) is 6.38. The molecule has 6 nitrogen and oxygen atoms in total. The van der Waals surface area contributed by atoms with E-state index in [0.717, 1.165) is 42.8 Å². The Bertz CT molecular complexity index is 442. The molecule has 0 amide bonds. The predicted molar refractivity (Wildman–Crippen MR) is 102 cm³/mol. The van der Waals surface area contributed by atoms with E-state index < -0.39 is 0 Å². The first-order valence-electron chi connectivity index (χ1n) is 7.00. The molecule has 0 aliphatic rings. The number of nitrogens with zero attached hydrogens (tertiary/aromatic N) is 3.